The third-order valence-electron chi connectivity index (χ3n) is 2.99. The number of rotatable bonds is 3. The van der Waals surface area contributed by atoms with Crippen molar-refractivity contribution in [2.24, 2.45) is 0 Å². The molecule has 0 aliphatic rings. The lowest BCUT2D eigenvalue weighted by atomic mass is 10.2. The molecule has 0 radical (unpaired) electrons. The lowest BCUT2D eigenvalue weighted by Crippen LogP contribution is -2.04. The van der Waals surface area contributed by atoms with E-state index < -0.39 is 0 Å². The first-order valence-corrected chi connectivity index (χ1v) is 8.25. The Morgan fingerprint density at radius 3 is 2.95 bits per heavy atom. The van der Waals surface area contributed by atoms with Crippen LogP contribution in [0.2, 0.25) is 5.15 Å². The second-order valence-corrected chi connectivity index (χ2v) is 6.49. The SMILES string of the molecule is Clc1nc(Cn2cncn2)nc2scc(-c3cccs3)c12. The fourth-order valence-corrected chi connectivity index (χ4v) is 4.21. The quantitative estimate of drug-likeness (QED) is 0.536. The zero-order valence-electron chi connectivity index (χ0n) is 10.6. The fraction of sp³-hybridized carbons (Fsp3) is 0.0769. The van der Waals surface area contributed by atoms with Crippen LogP contribution in [-0.4, -0.2) is 24.7 Å². The van der Waals surface area contributed by atoms with E-state index in [0.29, 0.717) is 17.5 Å². The van der Waals surface area contributed by atoms with E-state index in [4.69, 9.17) is 11.6 Å². The van der Waals surface area contributed by atoms with Gasteiger partial charge in [-0.15, -0.1) is 22.7 Å². The maximum Gasteiger partial charge on any atom is 0.153 e. The Kier molecular flexibility index (Phi) is 3.17. The molecule has 4 aromatic rings. The molecule has 0 spiro atoms. The van der Waals surface area contributed by atoms with Crippen LogP contribution in [0.25, 0.3) is 20.7 Å². The molecule has 0 fully saturated rings. The van der Waals surface area contributed by atoms with Gasteiger partial charge in [-0.3, -0.25) is 0 Å². The third kappa shape index (κ3) is 2.33. The molecular weight excluding hydrogens is 326 g/mol. The van der Waals surface area contributed by atoms with Crippen LogP contribution in [0.15, 0.2) is 35.5 Å². The molecule has 0 saturated heterocycles. The summed E-state index contributed by atoms with van der Waals surface area (Å²) in [5, 5.41) is 9.59. The van der Waals surface area contributed by atoms with Crippen molar-refractivity contribution in [2.75, 3.05) is 0 Å². The van der Waals surface area contributed by atoms with Crippen molar-refractivity contribution in [3.8, 4) is 10.4 Å². The Hall–Kier alpha value is -1.83. The van der Waals surface area contributed by atoms with Crippen LogP contribution in [0.4, 0.5) is 0 Å². The number of hydrogen-bond acceptors (Lipinski definition) is 6. The van der Waals surface area contributed by atoms with Gasteiger partial charge in [-0.1, -0.05) is 17.7 Å². The molecular formula is C13H8ClN5S2. The topological polar surface area (TPSA) is 56.5 Å². The molecule has 0 bridgehead atoms. The van der Waals surface area contributed by atoms with Gasteiger partial charge >= 0.3 is 0 Å². The highest BCUT2D eigenvalue weighted by atomic mass is 35.5. The minimum Gasteiger partial charge on any atom is -0.245 e. The number of fused-ring (bicyclic) bond motifs is 1. The van der Waals surface area contributed by atoms with E-state index in [1.165, 1.54) is 11.2 Å². The summed E-state index contributed by atoms with van der Waals surface area (Å²) in [6.45, 7) is 0.460. The van der Waals surface area contributed by atoms with Crippen molar-refractivity contribution >= 4 is 44.5 Å². The summed E-state index contributed by atoms with van der Waals surface area (Å²) in [6.07, 6.45) is 3.12. The molecule has 8 heteroatoms. The first-order chi connectivity index (χ1) is 10.3. The Morgan fingerprint density at radius 2 is 2.19 bits per heavy atom. The zero-order valence-corrected chi connectivity index (χ0v) is 13.0. The van der Waals surface area contributed by atoms with E-state index in [1.54, 1.807) is 33.7 Å². The molecule has 0 amide bonds. The average molecular weight is 334 g/mol. The van der Waals surface area contributed by atoms with Gasteiger partial charge < -0.3 is 0 Å². The molecule has 21 heavy (non-hydrogen) atoms. The maximum absolute atomic E-state index is 6.38. The monoisotopic (exact) mass is 333 g/mol. The van der Waals surface area contributed by atoms with E-state index in [1.807, 2.05) is 11.4 Å². The minimum atomic E-state index is 0.460. The zero-order chi connectivity index (χ0) is 14.2. The van der Waals surface area contributed by atoms with Gasteiger partial charge in [0, 0.05) is 15.8 Å². The van der Waals surface area contributed by atoms with E-state index in [-0.39, 0.29) is 0 Å². The van der Waals surface area contributed by atoms with Gasteiger partial charge in [0.15, 0.2) is 5.82 Å². The average Bonchev–Trinajstić information content (AvgIpc) is 3.19. The van der Waals surface area contributed by atoms with E-state index in [0.717, 1.165) is 15.8 Å². The first-order valence-electron chi connectivity index (χ1n) is 6.11. The van der Waals surface area contributed by atoms with Gasteiger partial charge in [-0.2, -0.15) is 5.10 Å². The number of halogens is 1. The highest BCUT2D eigenvalue weighted by Gasteiger charge is 2.15. The van der Waals surface area contributed by atoms with E-state index in [9.17, 15) is 0 Å². The molecule has 5 nitrogen and oxygen atoms in total. The molecule has 4 rings (SSSR count). The lowest BCUT2D eigenvalue weighted by Gasteiger charge is -2.03. The summed E-state index contributed by atoms with van der Waals surface area (Å²) in [5.41, 5.74) is 1.10. The van der Waals surface area contributed by atoms with Gasteiger partial charge in [0.1, 0.15) is 29.2 Å². The number of thiophene rings is 2. The van der Waals surface area contributed by atoms with E-state index >= 15 is 0 Å². The molecule has 0 unspecified atom stereocenters. The summed E-state index contributed by atoms with van der Waals surface area (Å²) >= 11 is 9.64. The summed E-state index contributed by atoms with van der Waals surface area (Å²) < 4.78 is 1.67. The molecule has 0 saturated carbocycles. The lowest BCUT2D eigenvalue weighted by molar-refractivity contribution is 0.656. The maximum atomic E-state index is 6.38. The number of aromatic nitrogens is 5. The summed E-state index contributed by atoms with van der Waals surface area (Å²) in [4.78, 5) is 15.0. The Morgan fingerprint density at radius 1 is 1.24 bits per heavy atom. The van der Waals surface area contributed by atoms with Crippen LogP contribution in [-0.2, 0) is 6.54 Å². The molecule has 4 aromatic heterocycles. The molecule has 4 heterocycles. The van der Waals surface area contributed by atoms with Crippen LogP contribution >= 0.6 is 34.3 Å². The van der Waals surface area contributed by atoms with Gasteiger partial charge in [0.25, 0.3) is 0 Å². The van der Waals surface area contributed by atoms with Crippen molar-refractivity contribution in [2.45, 2.75) is 6.54 Å². The predicted octanol–water partition coefficient (Wildman–Crippen LogP) is 3.71. The Balaban J connectivity index is 1.81. The molecule has 0 aliphatic carbocycles. The summed E-state index contributed by atoms with van der Waals surface area (Å²) in [6, 6.07) is 4.10. The van der Waals surface area contributed by atoms with Crippen molar-refractivity contribution in [3.63, 3.8) is 0 Å². The fourth-order valence-electron chi connectivity index (χ4n) is 2.08. The number of hydrogen-bond donors (Lipinski definition) is 0. The normalized spacial score (nSPS) is 11.3. The minimum absolute atomic E-state index is 0.460. The van der Waals surface area contributed by atoms with Crippen LogP contribution in [0, 0.1) is 0 Å². The smallest absolute Gasteiger partial charge is 0.153 e. The van der Waals surface area contributed by atoms with Crippen molar-refractivity contribution in [1.82, 2.24) is 24.7 Å². The molecule has 0 aliphatic heterocycles. The van der Waals surface area contributed by atoms with Gasteiger partial charge in [-0.05, 0) is 11.4 Å². The highest BCUT2D eigenvalue weighted by molar-refractivity contribution is 7.18. The predicted molar refractivity (Wildman–Crippen MR) is 84.9 cm³/mol. The third-order valence-corrected chi connectivity index (χ3v) is 5.04. The van der Waals surface area contributed by atoms with Crippen LogP contribution in [0.1, 0.15) is 5.82 Å². The van der Waals surface area contributed by atoms with Crippen LogP contribution in [0.3, 0.4) is 0 Å². The van der Waals surface area contributed by atoms with Gasteiger partial charge in [0.05, 0.1) is 5.39 Å². The van der Waals surface area contributed by atoms with Crippen molar-refractivity contribution in [3.05, 3.63) is 46.5 Å². The van der Waals surface area contributed by atoms with Crippen molar-refractivity contribution in [1.29, 1.82) is 0 Å². The molecule has 0 aromatic carbocycles. The van der Waals surface area contributed by atoms with Gasteiger partial charge in [0.2, 0.25) is 0 Å². The van der Waals surface area contributed by atoms with E-state index in [2.05, 4.69) is 31.5 Å². The van der Waals surface area contributed by atoms with Gasteiger partial charge in [-0.25, -0.2) is 19.6 Å². The summed E-state index contributed by atoms with van der Waals surface area (Å²) in [7, 11) is 0. The molecule has 0 atom stereocenters. The standard InChI is InChI=1S/C13H8ClN5S2/c14-12-11-8(9-2-1-3-20-9)5-21-13(11)18-10(17-12)4-19-7-15-6-16-19/h1-3,5-7H,4H2. The Labute approximate surface area is 132 Å². The molecule has 104 valence electrons. The van der Waals surface area contributed by atoms with Crippen molar-refractivity contribution < 1.29 is 0 Å². The van der Waals surface area contributed by atoms with Crippen LogP contribution < -0.4 is 0 Å². The second-order valence-electron chi connectivity index (χ2n) is 4.33. The Bertz CT molecular complexity index is 883. The molecule has 0 N–H and O–H groups in total. The first kappa shape index (κ1) is 12.9. The number of nitrogens with zero attached hydrogens (tertiary/aromatic N) is 5. The second kappa shape index (κ2) is 5.18. The largest absolute Gasteiger partial charge is 0.245 e. The summed E-state index contributed by atoms with van der Waals surface area (Å²) in [5.74, 6) is 0.637. The highest BCUT2D eigenvalue weighted by Crippen LogP contribution is 2.38. The van der Waals surface area contributed by atoms with Crippen LogP contribution in [0.5, 0.6) is 0 Å².